The Morgan fingerprint density at radius 2 is 1.74 bits per heavy atom. The molecule has 212 valence electrons. The fourth-order valence-corrected chi connectivity index (χ4v) is 10.1. The van der Waals surface area contributed by atoms with Crippen molar-refractivity contribution in [3.8, 4) is 0 Å². The van der Waals surface area contributed by atoms with Crippen molar-refractivity contribution in [1.29, 1.82) is 0 Å². The number of ether oxygens (including phenoxy) is 1. The standard InChI is InChI=1S/C34H53NO3/c1-23(2)10-9-11-24(3)28-14-15-29-27-20-31(35-37)34(36)21-26(38-22-25-12-7-6-8-13-25)16-19-33(34,5)30(27)17-18-32(28,29)4/h6-8,12-13,23-24,26-30,36-37H,9-11,14-22H2,1-5H3/b35-31-. The largest absolute Gasteiger partial charge is 0.411 e. The van der Waals surface area contributed by atoms with Crippen LogP contribution in [-0.4, -0.2) is 27.7 Å². The van der Waals surface area contributed by atoms with Crippen molar-refractivity contribution >= 4 is 5.71 Å². The summed E-state index contributed by atoms with van der Waals surface area (Å²) in [5, 5.41) is 26.5. The van der Waals surface area contributed by atoms with Gasteiger partial charge in [-0.25, -0.2) is 0 Å². The molecule has 4 aliphatic rings. The van der Waals surface area contributed by atoms with E-state index in [1.54, 1.807) is 0 Å². The molecule has 0 bridgehead atoms. The third-order valence-electron chi connectivity index (χ3n) is 12.3. The summed E-state index contributed by atoms with van der Waals surface area (Å²) in [7, 11) is 0. The summed E-state index contributed by atoms with van der Waals surface area (Å²) in [4.78, 5) is 0. The third kappa shape index (κ3) is 4.76. The van der Waals surface area contributed by atoms with E-state index in [0.717, 1.165) is 42.6 Å². The zero-order chi connectivity index (χ0) is 27.1. The minimum Gasteiger partial charge on any atom is -0.411 e. The van der Waals surface area contributed by atoms with Gasteiger partial charge in [-0.2, -0.15) is 0 Å². The Morgan fingerprint density at radius 1 is 0.974 bits per heavy atom. The summed E-state index contributed by atoms with van der Waals surface area (Å²) in [6.07, 6.45) is 12.3. The number of aliphatic hydroxyl groups is 1. The van der Waals surface area contributed by atoms with E-state index in [2.05, 4.69) is 51.9 Å². The first kappa shape index (κ1) is 28.1. The van der Waals surface area contributed by atoms with Gasteiger partial charge in [0.05, 0.1) is 18.4 Å². The average Bonchev–Trinajstić information content (AvgIpc) is 3.25. The van der Waals surface area contributed by atoms with Gasteiger partial charge in [-0.05, 0) is 91.4 Å². The van der Waals surface area contributed by atoms with Crippen LogP contribution in [0.5, 0.6) is 0 Å². The molecule has 4 aliphatic carbocycles. The van der Waals surface area contributed by atoms with Gasteiger partial charge in [0.2, 0.25) is 0 Å². The van der Waals surface area contributed by atoms with Crippen molar-refractivity contribution in [2.75, 3.05) is 0 Å². The number of nitrogens with zero attached hydrogens (tertiary/aromatic N) is 1. The summed E-state index contributed by atoms with van der Waals surface area (Å²) < 4.78 is 6.33. The molecule has 1 aromatic rings. The first-order chi connectivity index (χ1) is 18.1. The van der Waals surface area contributed by atoms with E-state index in [-0.39, 0.29) is 11.5 Å². The van der Waals surface area contributed by atoms with Crippen LogP contribution in [0.2, 0.25) is 0 Å². The molecule has 0 aromatic heterocycles. The molecule has 4 heteroatoms. The zero-order valence-corrected chi connectivity index (χ0v) is 24.7. The maximum atomic E-state index is 12.3. The maximum Gasteiger partial charge on any atom is 0.114 e. The van der Waals surface area contributed by atoms with Gasteiger partial charge in [-0.3, -0.25) is 0 Å². The summed E-state index contributed by atoms with van der Waals surface area (Å²) in [5.74, 6) is 4.04. The van der Waals surface area contributed by atoms with Gasteiger partial charge in [0.15, 0.2) is 0 Å². The predicted octanol–water partition coefficient (Wildman–Crippen LogP) is 8.25. The lowest BCUT2D eigenvalue weighted by Crippen LogP contribution is -2.67. The fourth-order valence-electron chi connectivity index (χ4n) is 10.1. The Balaban J connectivity index is 1.31. The number of oxime groups is 1. The van der Waals surface area contributed by atoms with Crippen molar-refractivity contribution in [2.45, 2.75) is 124 Å². The third-order valence-corrected chi connectivity index (χ3v) is 12.3. The highest BCUT2D eigenvalue weighted by Gasteiger charge is 2.67. The van der Waals surface area contributed by atoms with E-state index >= 15 is 0 Å². The quantitative estimate of drug-likeness (QED) is 0.266. The molecule has 4 nitrogen and oxygen atoms in total. The van der Waals surface area contributed by atoms with Crippen LogP contribution in [0.1, 0.15) is 111 Å². The van der Waals surface area contributed by atoms with E-state index in [9.17, 15) is 10.3 Å². The Bertz CT molecular complexity index is 977. The van der Waals surface area contributed by atoms with E-state index in [4.69, 9.17) is 4.74 Å². The van der Waals surface area contributed by atoms with Crippen LogP contribution in [-0.2, 0) is 11.3 Å². The summed E-state index contributed by atoms with van der Waals surface area (Å²) in [5.41, 5.74) is 0.825. The first-order valence-corrected chi connectivity index (χ1v) is 15.7. The molecule has 4 fully saturated rings. The van der Waals surface area contributed by atoms with Crippen molar-refractivity contribution in [2.24, 2.45) is 51.5 Å². The van der Waals surface area contributed by atoms with E-state index in [0.29, 0.717) is 41.9 Å². The molecule has 0 saturated heterocycles. The second-order valence-corrected chi connectivity index (χ2v) is 14.6. The van der Waals surface area contributed by atoms with Crippen molar-refractivity contribution in [3.05, 3.63) is 35.9 Å². The predicted molar refractivity (Wildman–Crippen MR) is 154 cm³/mol. The van der Waals surface area contributed by atoms with Crippen LogP contribution < -0.4 is 0 Å². The highest BCUT2D eigenvalue weighted by molar-refractivity contribution is 5.94. The smallest absolute Gasteiger partial charge is 0.114 e. The molecule has 0 radical (unpaired) electrons. The number of fused-ring (bicyclic) bond motifs is 5. The second kappa shape index (κ2) is 10.9. The molecular weight excluding hydrogens is 470 g/mol. The zero-order valence-electron chi connectivity index (χ0n) is 24.7. The Labute approximate surface area is 231 Å². The monoisotopic (exact) mass is 523 g/mol. The average molecular weight is 524 g/mol. The van der Waals surface area contributed by atoms with Gasteiger partial charge in [-0.1, -0.05) is 89.4 Å². The Kier molecular flexibility index (Phi) is 8.06. The lowest BCUT2D eigenvalue weighted by molar-refractivity contribution is -0.178. The maximum absolute atomic E-state index is 12.3. The van der Waals surface area contributed by atoms with Crippen molar-refractivity contribution in [3.63, 3.8) is 0 Å². The van der Waals surface area contributed by atoms with Crippen LogP contribution >= 0.6 is 0 Å². The molecule has 2 N–H and O–H groups in total. The number of hydrogen-bond donors (Lipinski definition) is 2. The number of hydrogen-bond acceptors (Lipinski definition) is 4. The molecule has 5 rings (SSSR count). The van der Waals surface area contributed by atoms with Gasteiger partial charge in [-0.15, -0.1) is 0 Å². The van der Waals surface area contributed by atoms with Crippen LogP contribution in [0.4, 0.5) is 0 Å². The second-order valence-electron chi connectivity index (χ2n) is 14.6. The number of rotatable bonds is 8. The molecule has 1 aromatic carbocycles. The molecule has 4 saturated carbocycles. The minimum atomic E-state index is -1.08. The molecule has 0 spiro atoms. The molecule has 0 amide bonds. The lowest BCUT2D eigenvalue weighted by atomic mass is 9.42. The van der Waals surface area contributed by atoms with Crippen LogP contribution in [0.3, 0.4) is 0 Å². The van der Waals surface area contributed by atoms with Crippen LogP contribution in [0.25, 0.3) is 0 Å². The lowest BCUT2D eigenvalue weighted by Gasteiger charge is -2.64. The minimum absolute atomic E-state index is 0.0158. The molecule has 0 aliphatic heterocycles. The highest BCUT2D eigenvalue weighted by Crippen LogP contribution is 2.68. The van der Waals surface area contributed by atoms with E-state index in [1.165, 1.54) is 44.9 Å². The highest BCUT2D eigenvalue weighted by atomic mass is 16.5. The van der Waals surface area contributed by atoms with Gasteiger partial charge in [0.25, 0.3) is 0 Å². The van der Waals surface area contributed by atoms with Gasteiger partial charge in [0.1, 0.15) is 5.60 Å². The molecule has 9 atom stereocenters. The van der Waals surface area contributed by atoms with Gasteiger partial charge < -0.3 is 15.1 Å². The normalized spacial score (nSPS) is 42.5. The Hall–Kier alpha value is -1.39. The molecular formula is C34H53NO3. The molecule has 38 heavy (non-hydrogen) atoms. The van der Waals surface area contributed by atoms with Crippen LogP contribution in [0, 0.1) is 46.3 Å². The fraction of sp³-hybridized carbons (Fsp3) is 0.794. The van der Waals surface area contributed by atoms with E-state index in [1.807, 2.05) is 18.2 Å². The van der Waals surface area contributed by atoms with E-state index < -0.39 is 5.60 Å². The van der Waals surface area contributed by atoms with Crippen LogP contribution in [0.15, 0.2) is 35.5 Å². The molecule has 9 unspecified atom stereocenters. The van der Waals surface area contributed by atoms with Gasteiger partial charge >= 0.3 is 0 Å². The summed E-state index contributed by atoms with van der Waals surface area (Å²) in [6, 6.07) is 10.3. The van der Waals surface area contributed by atoms with Crippen molar-refractivity contribution < 1.29 is 15.1 Å². The van der Waals surface area contributed by atoms with Crippen molar-refractivity contribution in [1.82, 2.24) is 0 Å². The molecule has 0 heterocycles. The topological polar surface area (TPSA) is 62.1 Å². The SMILES string of the molecule is CC(C)CCCC(C)C1CCC2C3C/C(=N/O)C4(O)CC(OCc5ccccc5)CCC4(C)C3CCC12C. The first-order valence-electron chi connectivity index (χ1n) is 15.7. The number of benzene rings is 1. The van der Waals surface area contributed by atoms with Gasteiger partial charge in [0, 0.05) is 11.8 Å². The Morgan fingerprint density at radius 3 is 2.45 bits per heavy atom. The summed E-state index contributed by atoms with van der Waals surface area (Å²) >= 11 is 0. The summed E-state index contributed by atoms with van der Waals surface area (Å²) in [6.45, 7) is 12.7.